The molecule has 1 aliphatic heterocycles. The first-order chi connectivity index (χ1) is 15.4. The first-order valence-corrected chi connectivity index (χ1v) is 9.79. The average Bonchev–Trinajstić information content (AvgIpc) is 3.09. The van der Waals surface area contributed by atoms with Crippen LogP contribution in [0, 0.1) is 5.82 Å². The molecule has 1 unspecified atom stereocenters. The zero-order chi connectivity index (χ0) is 22.8. The Morgan fingerprint density at radius 2 is 1.41 bits per heavy atom. The molecule has 0 spiro atoms. The van der Waals surface area contributed by atoms with Crippen molar-refractivity contribution in [3.63, 3.8) is 0 Å². The van der Waals surface area contributed by atoms with Crippen LogP contribution in [0.4, 0.5) is 10.1 Å². The number of rotatable bonds is 6. The Kier molecular flexibility index (Phi) is 5.64. The maximum absolute atomic E-state index is 13.6. The summed E-state index contributed by atoms with van der Waals surface area (Å²) in [7, 11) is 3.04. The van der Waals surface area contributed by atoms with Gasteiger partial charge in [-0.15, -0.1) is 0 Å². The van der Waals surface area contributed by atoms with Crippen molar-refractivity contribution >= 4 is 17.4 Å². The number of Topliss-reactive ketones (excluding diaryl/α,β-unsaturated/α-hetero) is 1. The summed E-state index contributed by atoms with van der Waals surface area (Å²) in [5.41, 5.74) is 1.14. The molecule has 0 bridgehead atoms. The SMILES string of the molecule is COc1ccc(C(=O)C2=C(O)C(=O)N(c3ccc(OC)cc3)C2c2ccc(F)cc2)cc1. The van der Waals surface area contributed by atoms with E-state index < -0.39 is 29.3 Å². The van der Waals surface area contributed by atoms with Crippen LogP contribution in [0.2, 0.25) is 0 Å². The summed E-state index contributed by atoms with van der Waals surface area (Å²) in [6.07, 6.45) is 0. The lowest BCUT2D eigenvalue weighted by molar-refractivity contribution is -0.117. The van der Waals surface area contributed by atoms with E-state index in [0.717, 1.165) is 0 Å². The second-order valence-electron chi connectivity index (χ2n) is 7.15. The first-order valence-electron chi connectivity index (χ1n) is 9.79. The molecule has 1 heterocycles. The highest BCUT2D eigenvalue weighted by molar-refractivity contribution is 6.20. The van der Waals surface area contributed by atoms with Gasteiger partial charge in [-0.05, 0) is 66.2 Å². The van der Waals surface area contributed by atoms with E-state index in [-0.39, 0.29) is 11.1 Å². The van der Waals surface area contributed by atoms with E-state index in [1.165, 1.54) is 43.4 Å². The number of ketones is 1. The molecule has 4 rings (SSSR count). The van der Waals surface area contributed by atoms with Crippen molar-refractivity contribution in [2.24, 2.45) is 0 Å². The minimum atomic E-state index is -0.939. The lowest BCUT2D eigenvalue weighted by atomic mass is 9.92. The molecule has 0 saturated heterocycles. The van der Waals surface area contributed by atoms with E-state index in [1.54, 1.807) is 48.5 Å². The molecule has 32 heavy (non-hydrogen) atoms. The highest BCUT2D eigenvalue weighted by Gasteiger charge is 2.44. The quantitative estimate of drug-likeness (QED) is 0.574. The summed E-state index contributed by atoms with van der Waals surface area (Å²) >= 11 is 0. The van der Waals surface area contributed by atoms with Gasteiger partial charge in [-0.3, -0.25) is 14.5 Å². The minimum Gasteiger partial charge on any atom is -0.503 e. The molecule has 0 aromatic heterocycles. The number of aliphatic hydroxyl groups is 1. The Bertz CT molecular complexity index is 1180. The molecule has 1 aliphatic rings. The van der Waals surface area contributed by atoms with Gasteiger partial charge in [0.15, 0.2) is 11.5 Å². The molecule has 3 aromatic carbocycles. The number of benzene rings is 3. The Labute approximate surface area is 184 Å². The van der Waals surface area contributed by atoms with Gasteiger partial charge in [0.1, 0.15) is 17.3 Å². The Hall–Kier alpha value is -4.13. The molecule has 0 fully saturated rings. The molecule has 1 amide bonds. The van der Waals surface area contributed by atoms with E-state index in [4.69, 9.17) is 9.47 Å². The molecule has 162 valence electrons. The van der Waals surface area contributed by atoms with Gasteiger partial charge < -0.3 is 14.6 Å². The largest absolute Gasteiger partial charge is 0.503 e. The van der Waals surface area contributed by atoms with Crippen molar-refractivity contribution in [1.29, 1.82) is 0 Å². The molecule has 6 nitrogen and oxygen atoms in total. The lowest BCUT2D eigenvalue weighted by Gasteiger charge is -2.27. The summed E-state index contributed by atoms with van der Waals surface area (Å²) in [6.45, 7) is 0. The molecule has 7 heteroatoms. The number of hydrogen-bond acceptors (Lipinski definition) is 5. The number of carbonyl (C=O) groups is 2. The monoisotopic (exact) mass is 433 g/mol. The van der Waals surface area contributed by atoms with Crippen molar-refractivity contribution in [3.05, 3.63) is 101 Å². The number of methoxy groups -OCH3 is 2. The van der Waals surface area contributed by atoms with Crippen molar-refractivity contribution in [1.82, 2.24) is 0 Å². The van der Waals surface area contributed by atoms with Gasteiger partial charge in [0, 0.05) is 11.3 Å². The normalized spacial score (nSPS) is 15.8. The van der Waals surface area contributed by atoms with E-state index in [9.17, 15) is 19.1 Å². The van der Waals surface area contributed by atoms with Crippen LogP contribution in [0.1, 0.15) is 22.0 Å². The van der Waals surface area contributed by atoms with E-state index in [1.807, 2.05) is 0 Å². The summed E-state index contributed by atoms with van der Waals surface area (Å²) < 4.78 is 23.9. The number of aliphatic hydroxyl groups excluding tert-OH is 1. The Morgan fingerprint density at radius 1 is 0.875 bits per heavy atom. The number of carbonyl (C=O) groups excluding carboxylic acids is 2. The van der Waals surface area contributed by atoms with Crippen molar-refractivity contribution < 1.29 is 28.6 Å². The fourth-order valence-corrected chi connectivity index (χ4v) is 3.70. The van der Waals surface area contributed by atoms with Gasteiger partial charge >= 0.3 is 0 Å². The Balaban J connectivity index is 1.83. The standard InChI is InChI=1S/C25H20FNO5/c1-31-19-11-5-16(6-12-19)23(28)21-22(15-3-7-17(26)8-4-15)27(25(30)24(21)29)18-9-13-20(32-2)14-10-18/h3-14,22,29H,1-2H3. The van der Waals surface area contributed by atoms with Crippen LogP contribution in [0.15, 0.2) is 84.1 Å². The first kappa shape index (κ1) is 21.1. The van der Waals surface area contributed by atoms with Gasteiger partial charge in [-0.1, -0.05) is 12.1 Å². The average molecular weight is 433 g/mol. The highest BCUT2D eigenvalue weighted by atomic mass is 19.1. The second kappa shape index (κ2) is 8.55. The zero-order valence-corrected chi connectivity index (χ0v) is 17.4. The van der Waals surface area contributed by atoms with Crippen LogP contribution >= 0.6 is 0 Å². The summed E-state index contributed by atoms with van der Waals surface area (Å²) in [6, 6.07) is 17.5. The fraction of sp³-hybridized carbons (Fsp3) is 0.120. The molecule has 1 N–H and O–H groups in total. The number of amides is 1. The van der Waals surface area contributed by atoms with Gasteiger partial charge in [0.2, 0.25) is 0 Å². The van der Waals surface area contributed by atoms with Gasteiger partial charge in [-0.2, -0.15) is 0 Å². The maximum Gasteiger partial charge on any atom is 0.294 e. The Morgan fingerprint density at radius 3 is 1.94 bits per heavy atom. The number of hydrogen-bond donors (Lipinski definition) is 1. The molecular weight excluding hydrogens is 413 g/mol. The minimum absolute atomic E-state index is 0.0809. The van der Waals surface area contributed by atoms with E-state index >= 15 is 0 Å². The molecule has 0 saturated carbocycles. The molecule has 0 aliphatic carbocycles. The van der Waals surface area contributed by atoms with Crippen molar-refractivity contribution in [2.75, 3.05) is 19.1 Å². The third-order valence-electron chi connectivity index (χ3n) is 5.34. The zero-order valence-electron chi connectivity index (χ0n) is 17.4. The highest BCUT2D eigenvalue weighted by Crippen LogP contribution is 2.42. The predicted octanol–water partition coefficient (Wildman–Crippen LogP) is 4.63. The molecule has 1 atom stereocenters. The molecule has 3 aromatic rings. The van der Waals surface area contributed by atoms with Crippen LogP contribution in [0.5, 0.6) is 11.5 Å². The van der Waals surface area contributed by atoms with E-state index in [2.05, 4.69) is 0 Å². The summed E-state index contributed by atoms with van der Waals surface area (Å²) in [5.74, 6) is -1.17. The van der Waals surface area contributed by atoms with Crippen LogP contribution in [-0.2, 0) is 4.79 Å². The van der Waals surface area contributed by atoms with Gasteiger partial charge in [0.25, 0.3) is 5.91 Å². The smallest absolute Gasteiger partial charge is 0.294 e. The van der Waals surface area contributed by atoms with Crippen molar-refractivity contribution in [3.8, 4) is 11.5 Å². The predicted molar refractivity (Wildman–Crippen MR) is 117 cm³/mol. The second-order valence-corrected chi connectivity index (χ2v) is 7.15. The molecule has 0 radical (unpaired) electrons. The van der Waals surface area contributed by atoms with Gasteiger partial charge in [-0.25, -0.2) is 4.39 Å². The topological polar surface area (TPSA) is 76.1 Å². The lowest BCUT2D eigenvalue weighted by Crippen LogP contribution is -2.31. The van der Waals surface area contributed by atoms with Crippen LogP contribution in [0.25, 0.3) is 0 Å². The number of ether oxygens (including phenoxy) is 2. The molecular formula is C25H20FNO5. The van der Waals surface area contributed by atoms with Crippen LogP contribution in [0.3, 0.4) is 0 Å². The third-order valence-corrected chi connectivity index (χ3v) is 5.34. The maximum atomic E-state index is 13.6. The summed E-state index contributed by atoms with van der Waals surface area (Å²) in [4.78, 5) is 27.8. The number of halogens is 1. The number of nitrogens with zero attached hydrogens (tertiary/aromatic N) is 1. The number of anilines is 1. The van der Waals surface area contributed by atoms with Crippen LogP contribution in [-0.4, -0.2) is 31.0 Å². The third kappa shape index (κ3) is 3.69. The van der Waals surface area contributed by atoms with Gasteiger partial charge in [0.05, 0.1) is 25.8 Å². The van der Waals surface area contributed by atoms with E-state index in [0.29, 0.717) is 22.7 Å². The summed E-state index contributed by atoms with van der Waals surface area (Å²) in [5, 5.41) is 10.8. The van der Waals surface area contributed by atoms with Crippen LogP contribution < -0.4 is 14.4 Å². The van der Waals surface area contributed by atoms with Crippen molar-refractivity contribution in [2.45, 2.75) is 6.04 Å². The fourth-order valence-electron chi connectivity index (χ4n) is 3.70.